The van der Waals surface area contributed by atoms with Gasteiger partial charge in [0, 0.05) is 19.0 Å². The molecule has 0 spiro atoms. The van der Waals surface area contributed by atoms with Crippen molar-refractivity contribution in [2.75, 3.05) is 7.05 Å². The number of hydrogen-bond acceptors (Lipinski definition) is 3. The summed E-state index contributed by atoms with van der Waals surface area (Å²) in [7, 11) is 1.35. The molecule has 23 heavy (non-hydrogen) atoms. The lowest BCUT2D eigenvalue weighted by Gasteiger charge is -2.35. The number of amides is 1. The Balaban J connectivity index is 2.08. The Kier molecular flexibility index (Phi) is 5.77. The molecule has 1 aliphatic rings. The second kappa shape index (κ2) is 7.59. The first-order valence-corrected chi connectivity index (χ1v) is 8.24. The van der Waals surface area contributed by atoms with Crippen molar-refractivity contribution in [2.45, 2.75) is 50.7 Å². The number of benzene rings is 1. The fraction of sp³-hybridized carbons (Fsp3) is 0.556. The highest BCUT2D eigenvalue weighted by molar-refractivity contribution is 5.97. The third-order valence-electron chi connectivity index (χ3n) is 4.85. The topological polar surface area (TPSA) is 77.8 Å². The molecule has 1 aromatic carbocycles. The van der Waals surface area contributed by atoms with Gasteiger partial charge in [-0.05, 0) is 24.5 Å². The molecule has 0 bridgehead atoms. The SMILES string of the molecule is CN(C(=O)c1ccccc1)[C@](O)(CCC1CCCCC1)C(=O)O. The summed E-state index contributed by atoms with van der Waals surface area (Å²) in [5.74, 6) is -1.42. The lowest BCUT2D eigenvalue weighted by molar-refractivity contribution is -0.176. The van der Waals surface area contributed by atoms with Crippen LogP contribution in [0.5, 0.6) is 0 Å². The minimum absolute atomic E-state index is 0.0576. The smallest absolute Gasteiger partial charge is 0.357 e. The molecule has 0 saturated heterocycles. The third kappa shape index (κ3) is 4.10. The molecule has 5 heteroatoms. The first-order chi connectivity index (χ1) is 10.9. The van der Waals surface area contributed by atoms with E-state index in [1.807, 2.05) is 0 Å². The normalized spacial score (nSPS) is 18.2. The summed E-state index contributed by atoms with van der Waals surface area (Å²) < 4.78 is 0. The summed E-state index contributed by atoms with van der Waals surface area (Å²) in [6.07, 6.45) is 6.38. The number of carbonyl (C=O) groups is 2. The summed E-state index contributed by atoms with van der Waals surface area (Å²) in [6, 6.07) is 8.43. The molecule has 5 nitrogen and oxygen atoms in total. The fourth-order valence-electron chi connectivity index (χ4n) is 3.24. The molecular formula is C18H25NO4. The van der Waals surface area contributed by atoms with Gasteiger partial charge in [0.05, 0.1) is 0 Å². The van der Waals surface area contributed by atoms with Gasteiger partial charge in [0.2, 0.25) is 5.72 Å². The Labute approximate surface area is 136 Å². The van der Waals surface area contributed by atoms with Crippen LogP contribution in [0.4, 0.5) is 0 Å². The molecule has 2 N–H and O–H groups in total. The number of nitrogens with zero attached hydrogens (tertiary/aromatic N) is 1. The first-order valence-electron chi connectivity index (χ1n) is 8.24. The molecule has 126 valence electrons. The highest BCUT2D eigenvalue weighted by atomic mass is 16.4. The van der Waals surface area contributed by atoms with E-state index < -0.39 is 17.6 Å². The second-order valence-electron chi connectivity index (χ2n) is 6.39. The van der Waals surface area contributed by atoms with E-state index in [2.05, 4.69) is 0 Å². The van der Waals surface area contributed by atoms with E-state index in [1.54, 1.807) is 30.3 Å². The van der Waals surface area contributed by atoms with Gasteiger partial charge in [-0.15, -0.1) is 0 Å². The van der Waals surface area contributed by atoms with Crippen LogP contribution in [-0.4, -0.2) is 39.8 Å². The number of likely N-dealkylation sites (N-methyl/N-ethyl adjacent to an activating group) is 1. The van der Waals surface area contributed by atoms with Crippen molar-refractivity contribution < 1.29 is 19.8 Å². The highest BCUT2D eigenvalue weighted by Gasteiger charge is 2.43. The van der Waals surface area contributed by atoms with Gasteiger partial charge in [-0.25, -0.2) is 4.79 Å². The van der Waals surface area contributed by atoms with Crippen LogP contribution in [-0.2, 0) is 4.79 Å². The fourth-order valence-corrected chi connectivity index (χ4v) is 3.24. The van der Waals surface area contributed by atoms with E-state index in [1.165, 1.54) is 13.5 Å². The molecule has 1 fully saturated rings. The van der Waals surface area contributed by atoms with Crippen LogP contribution in [0.3, 0.4) is 0 Å². The van der Waals surface area contributed by atoms with Crippen molar-refractivity contribution in [1.82, 2.24) is 4.90 Å². The molecule has 0 heterocycles. The van der Waals surface area contributed by atoms with Gasteiger partial charge >= 0.3 is 5.97 Å². The van der Waals surface area contributed by atoms with Crippen LogP contribution in [0.15, 0.2) is 30.3 Å². The molecule has 1 amide bonds. The van der Waals surface area contributed by atoms with E-state index in [4.69, 9.17) is 0 Å². The molecule has 1 saturated carbocycles. The average Bonchev–Trinajstić information content (AvgIpc) is 2.59. The molecule has 0 radical (unpaired) electrons. The first kappa shape index (κ1) is 17.5. The lowest BCUT2D eigenvalue weighted by atomic mass is 9.84. The standard InChI is InChI=1S/C18H25NO4/c1-19(16(20)15-10-6-3-7-11-15)18(23,17(21)22)13-12-14-8-4-2-5-9-14/h3,6-7,10-11,14,23H,2,4-5,8-9,12-13H2,1H3,(H,21,22)/t18-/m0/s1. The molecule has 0 unspecified atom stereocenters. The number of carbonyl (C=O) groups excluding carboxylic acids is 1. The van der Waals surface area contributed by atoms with E-state index >= 15 is 0 Å². The average molecular weight is 319 g/mol. The zero-order valence-electron chi connectivity index (χ0n) is 13.6. The Hall–Kier alpha value is -1.88. The molecule has 1 aromatic rings. The van der Waals surface area contributed by atoms with Crippen LogP contribution in [0.25, 0.3) is 0 Å². The maximum absolute atomic E-state index is 12.4. The molecule has 0 aromatic heterocycles. The maximum atomic E-state index is 12.4. The van der Waals surface area contributed by atoms with E-state index in [9.17, 15) is 19.8 Å². The quantitative estimate of drug-likeness (QED) is 0.790. The minimum atomic E-state index is -2.16. The Bertz CT molecular complexity index is 539. The van der Waals surface area contributed by atoms with Gasteiger partial charge in [-0.2, -0.15) is 0 Å². The van der Waals surface area contributed by atoms with Gasteiger partial charge < -0.3 is 15.1 Å². The van der Waals surface area contributed by atoms with Crippen LogP contribution in [0.2, 0.25) is 0 Å². The van der Waals surface area contributed by atoms with E-state index in [-0.39, 0.29) is 6.42 Å². The van der Waals surface area contributed by atoms with Gasteiger partial charge in [0.1, 0.15) is 0 Å². The van der Waals surface area contributed by atoms with Gasteiger partial charge in [-0.1, -0.05) is 50.3 Å². The summed E-state index contributed by atoms with van der Waals surface area (Å²) in [6.45, 7) is 0. The number of carboxylic acids is 1. The van der Waals surface area contributed by atoms with Gasteiger partial charge in [0.15, 0.2) is 0 Å². The van der Waals surface area contributed by atoms with Crippen LogP contribution in [0, 0.1) is 5.92 Å². The summed E-state index contributed by atoms with van der Waals surface area (Å²) >= 11 is 0. The Morgan fingerprint density at radius 3 is 2.35 bits per heavy atom. The zero-order chi connectivity index (χ0) is 16.9. The molecule has 0 aliphatic heterocycles. The number of rotatable bonds is 6. The van der Waals surface area contributed by atoms with Gasteiger partial charge in [0.25, 0.3) is 5.91 Å². The Morgan fingerprint density at radius 2 is 1.78 bits per heavy atom. The van der Waals surface area contributed by atoms with Crippen molar-refractivity contribution in [3.05, 3.63) is 35.9 Å². The molecular weight excluding hydrogens is 294 g/mol. The largest absolute Gasteiger partial charge is 0.478 e. The number of hydrogen-bond donors (Lipinski definition) is 2. The lowest BCUT2D eigenvalue weighted by Crippen LogP contribution is -2.55. The predicted octanol–water partition coefficient (Wildman–Crippen LogP) is 2.89. The summed E-state index contributed by atoms with van der Waals surface area (Å²) in [5, 5.41) is 20.1. The van der Waals surface area contributed by atoms with E-state index in [0.717, 1.165) is 30.6 Å². The van der Waals surface area contributed by atoms with Crippen molar-refractivity contribution in [3.8, 4) is 0 Å². The zero-order valence-corrected chi connectivity index (χ0v) is 13.6. The number of carboxylic acid groups (broad SMARTS) is 1. The monoisotopic (exact) mass is 319 g/mol. The van der Waals surface area contributed by atoms with E-state index in [0.29, 0.717) is 17.9 Å². The third-order valence-corrected chi connectivity index (χ3v) is 4.85. The van der Waals surface area contributed by atoms with Crippen LogP contribution < -0.4 is 0 Å². The van der Waals surface area contributed by atoms with Crippen molar-refractivity contribution >= 4 is 11.9 Å². The molecule has 2 rings (SSSR count). The number of aliphatic carboxylic acids is 1. The van der Waals surface area contributed by atoms with Crippen LogP contribution in [0.1, 0.15) is 55.3 Å². The molecule has 1 atom stereocenters. The van der Waals surface area contributed by atoms with Crippen molar-refractivity contribution in [2.24, 2.45) is 5.92 Å². The van der Waals surface area contributed by atoms with Crippen molar-refractivity contribution in [1.29, 1.82) is 0 Å². The molecule has 1 aliphatic carbocycles. The predicted molar refractivity (Wildman–Crippen MR) is 86.9 cm³/mol. The van der Waals surface area contributed by atoms with Gasteiger partial charge in [-0.3, -0.25) is 4.79 Å². The second-order valence-corrected chi connectivity index (χ2v) is 6.39. The highest BCUT2D eigenvalue weighted by Crippen LogP contribution is 2.31. The Morgan fingerprint density at radius 1 is 1.17 bits per heavy atom. The summed E-state index contributed by atoms with van der Waals surface area (Å²) in [5.41, 5.74) is -1.79. The van der Waals surface area contributed by atoms with Crippen LogP contribution >= 0.6 is 0 Å². The summed E-state index contributed by atoms with van der Waals surface area (Å²) in [4.78, 5) is 25.0. The van der Waals surface area contributed by atoms with Crippen molar-refractivity contribution in [3.63, 3.8) is 0 Å². The number of aliphatic hydroxyl groups is 1. The minimum Gasteiger partial charge on any atom is -0.478 e. The maximum Gasteiger partial charge on any atom is 0.357 e.